The summed E-state index contributed by atoms with van der Waals surface area (Å²) < 4.78 is 0. The highest BCUT2D eigenvalue weighted by Gasteiger charge is 2.49. The van der Waals surface area contributed by atoms with Gasteiger partial charge in [0, 0.05) is 19.2 Å². The third-order valence-electron chi connectivity index (χ3n) is 5.25. The molecule has 96 valence electrons. The van der Waals surface area contributed by atoms with Gasteiger partial charge in [-0.3, -0.25) is 0 Å². The summed E-state index contributed by atoms with van der Waals surface area (Å²) in [5.74, 6) is 3.94. The second-order valence-corrected chi connectivity index (χ2v) is 6.42. The van der Waals surface area contributed by atoms with E-state index in [1.807, 2.05) is 18.2 Å². The molecule has 2 nitrogen and oxygen atoms in total. The normalized spacial score (nSPS) is 41.7. The van der Waals surface area contributed by atoms with Gasteiger partial charge in [0.1, 0.15) is 0 Å². The first-order chi connectivity index (χ1) is 8.78. The van der Waals surface area contributed by atoms with Crippen LogP contribution in [0.15, 0.2) is 24.4 Å². The second-order valence-electron chi connectivity index (χ2n) is 6.42. The Hall–Kier alpha value is -1.23. The van der Waals surface area contributed by atoms with Crippen LogP contribution in [0.1, 0.15) is 32.1 Å². The molecule has 4 bridgehead atoms. The molecule has 0 saturated heterocycles. The van der Waals surface area contributed by atoms with E-state index in [9.17, 15) is 0 Å². The standard InChI is InChI=1S/C16H22N2/c1-18(6-4-2-3-5-17)16-14-8-12-7-13(10-14)11-15(16)9-12/h2-4,6,12-16H,7-11H2,1H3/b3-2+,6-4+. The second kappa shape index (κ2) is 4.80. The lowest BCUT2D eigenvalue weighted by molar-refractivity contribution is -0.0443. The SMILES string of the molecule is CN(/C=C/C=C/C#N)C1C2CC3CC(C2)CC1C3. The highest BCUT2D eigenvalue weighted by atomic mass is 15.1. The number of rotatable bonds is 3. The van der Waals surface area contributed by atoms with Crippen LogP contribution >= 0.6 is 0 Å². The summed E-state index contributed by atoms with van der Waals surface area (Å²) in [5.41, 5.74) is 0. The van der Waals surface area contributed by atoms with Crippen molar-refractivity contribution in [2.75, 3.05) is 7.05 Å². The first-order valence-electron chi connectivity index (χ1n) is 7.23. The lowest BCUT2D eigenvalue weighted by Gasteiger charge is -2.56. The first-order valence-corrected chi connectivity index (χ1v) is 7.23. The van der Waals surface area contributed by atoms with Crippen molar-refractivity contribution >= 4 is 0 Å². The van der Waals surface area contributed by atoms with Gasteiger partial charge in [-0.2, -0.15) is 5.26 Å². The molecule has 0 unspecified atom stereocenters. The van der Waals surface area contributed by atoms with Crippen LogP contribution in [0, 0.1) is 35.0 Å². The van der Waals surface area contributed by atoms with Crippen molar-refractivity contribution in [1.82, 2.24) is 4.90 Å². The molecular formula is C16H22N2. The van der Waals surface area contributed by atoms with E-state index in [-0.39, 0.29) is 0 Å². The summed E-state index contributed by atoms with van der Waals surface area (Å²) in [6.07, 6.45) is 14.9. The summed E-state index contributed by atoms with van der Waals surface area (Å²) in [6.45, 7) is 0. The Labute approximate surface area is 110 Å². The van der Waals surface area contributed by atoms with Crippen LogP contribution < -0.4 is 0 Å². The summed E-state index contributed by atoms with van der Waals surface area (Å²) in [6, 6.07) is 2.78. The van der Waals surface area contributed by atoms with Crippen molar-refractivity contribution < 1.29 is 0 Å². The fraction of sp³-hybridized carbons (Fsp3) is 0.688. The highest BCUT2D eigenvalue weighted by molar-refractivity contribution is 5.12. The van der Waals surface area contributed by atoms with E-state index in [0.29, 0.717) is 0 Å². The van der Waals surface area contributed by atoms with Crippen LogP contribution in [-0.4, -0.2) is 18.0 Å². The van der Waals surface area contributed by atoms with Crippen molar-refractivity contribution in [2.45, 2.75) is 38.1 Å². The predicted molar refractivity (Wildman–Crippen MR) is 72.5 cm³/mol. The fourth-order valence-electron chi connectivity index (χ4n) is 4.94. The summed E-state index contributed by atoms with van der Waals surface area (Å²) in [4.78, 5) is 2.41. The molecule has 0 radical (unpaired) electrons. The van der Waals surface area contributed by atoms with Crippen LogP contribution in [0.4, 0.5) is 0 Å². The van der Waals surface area contributed by atoms with Gasteiger partial charge < -0.3 is 4.90 Å². The lowest BCUT2D eigenvalue weighted by atomic mass is 9.54. The van der Waals surface area contributed by atoms with Crippen LogP contribution in [0.2, 0.25) is 0 Å². The molecule has 4 aliphatic carbocycles. The zero-order chi connectivity index (χ0) is 12.5. The van der Waals surface area contributed by atoms with E-state index < -0.39 is 0 Å². The molecule has 0 aromatic rings. The molecule has 4 aliphatic rings. The van der Waals surface area contributed by atoms with Crippen LogP contribution in [-0.2, 0) is 0 Å². The van der Waals surface area contributed by atoms with Crippen molar-refractivity contribution in [2.24, 2.45) is 23.7 Å². The third kappa shape index (κ3) is 2.07. The van der Waals surface area contributed by atoms with Crippen LogP contribution in [0.3, 0.4) is 0 Å². The van der Waals surface area contributed by atoms with Crippen molar-refractivity contribution in [1.29, 1.82) is 5.26 Å². The zero-order valence-electron chi connectivity index (χ0n) is 11.1. The van der Waals surface area contributed by atoms with Crippen LogP contribution in [0.25, 0.3) is 0 Å². The minimum atomic E-state index is 0.754. The monoisotopic (exact) mass is 242 g/mol. The Kier molecular flexibility index (Phi) is 3.16. The molecule has 0 heterocycles. The van der Waals surface area contributed by atoms with E-state index in [4.69, 9.17) is 5.26 Å². The molecule has 2 heteroatoms. The Bertz CT molecular complexity index is 374. The summed E-state index contributed by atoms with van der Waals surface area (Å²) >= 11 is 0. The van der Waals surface area contributed by atoms with E-state index in [1.165, 1.54) is 38.2 Å². The van der Waals surface area contributed by atoms with E-state index in [0.717, 1.165) is 29.7 Å². The number of hydrogen-bond donors (Lipinski definition) is 0. The highest BCUT2D eigenvalue weighted by Crippen LogP contribution is 2.54. The number of nitriles is 1. The van der Waals surface area contributed by atoms with Gasteiger partial charge in [0.25, 0.3) is 0 Å². The molecule has 0 aromatic carbocycles. The number of allylic oxidation sites excluding steroid dienone is 3. The maximum absolute atomic E-state index is 8.46. The minimum Gasteiger partial charge on any atom is -0.377 e. The number of hydrogen-bond acceptors (Lipinski definition) is 2. The quantitative estimate of drug-likeness (QED) is 0.560. The topological polar surface area (TPSA) is 27.0 Å². The van der Waals surface area contributed by atoms with Crippen LogP contribution in [0.5, 0.6) is 0 Å². The predicted octanol–water partition coefficient (Wildman–Crippen LogP) is 3.34. The van der Waals surface area contributed by atoms with E-state index in [2.05, 4.69) is 18.1 Å². The third-order valence-corrected chi connectivity index (χ3v) is 5.25. The van der Waals surface area contributed by atoms with Gasteiger partial charge in [-0.05, 0) is 68.1 Å². The molecule has 0 aromatic heterocycles. The Morgan fingerprint density at radius 1 is 1.00 bits per heavy atom. The average Bonchev–Trinajstić information content (AvgIpc) is 2.33. The van der Waals surface area contributed by atoms with Crippen molar-refractivity contribution in [3.8, 4) is 6.07 Å². The molecule has 0 N–H and O–H groups in total. The molecule has 0 amide bonds. The van der Waals surface area contributed by atoms with Gasteiger partial charge in [-0.25, -0.2) is 0 Å². The van der Waals surface area contributed by atoms with E-state index >= 15 is 0 Å². The van der Waals surface area contributed by atoms with Gasteiger partial charge in [0.05, 0.1) is 6.07 Å². The number of nitrogens with zero attached hydrogens (tertiary/aromatic N) is 2. The maximum atomic E-state index is 8.46. The van der Waals surface area contributed by atoms with Crippen molar-refractivity contribution in [3.05, 3.63) is 24.4 Å². The molecule has 4 rings (SSSR count). The zero-order valence-corrected chi connectivity index (χ0v) is 11.1. The molecular weight excluding hydrogens is 220 g/mol. The molecule has 0 aliphatic heterocycles. The fourth-order valence-corrected chi connectivity index (χ4v) is 4.94. The molecule has 0 atom stereocenters. The smallest absolute Gasteiger partial charge is 0.0912 e. The molecule has 18 heavy (non-hydrogen) atoms. The first kappa shape index (κ1) is 11.8. The van der Waals surface area contributed by atoms with Gasteiger partial charge in [-0.15, -0.1) is 0 Å². The summed E-state index contributed by atoms with van der Waals surface area (Å²) in [7, 11) is 2.21. The summed E-state index contributed by atoms with van der Waals surface area (Å²) in [5, 5.41) is 8.46. The Morgan fingerprint density at radius 2 is 1.61 bits per heavy atom. The van der Waals surface area contributed by atoms with Gasteiger partial charge in [-0.1, -0.05) is 6.08 Å². The average molecular weight is 242 g/mol. The lowest BCUT2D eigenvalue weighted by Crippen LogP contribution is -2.53. The minimum absolute atomic E-state index is 0.754. The van der Waals surface area contributed by atoms with Gasteiger partial charge in [0.15, 0.2) is 0 Å². The van der Waals surface area contributed by atoms with E-state index in [1.54, 1.807) is 0 Å². The largest absolute Gasteiger partial charge is 0.377 e. The van der Waals surface area contributed by atoms with Gasteiger partial charge >= 0.3 is 0 Å². The Balaban J connectivity index is 1.67. The maximum Gasteiger partial charge on any atom is 0.0912 e. The molecule has 4 saturated carbocycles. The molecule has 4 fully saturated rings. The van der Waals surface area contributed by atoms with Crippen molar-refractivity contribution in [3.63, 3.8) is 0 Å². The Morgan fingerprint density at radius 3 is 2.17 bits per heavy atom. The molecule has 0 spiro atoms. The van der Waals surface area contributed by atoms with Gasteiger partial charge in [0.2, 0.25) is 0 Å².